The molecule has 0 aliphatic carbocycles. The van der Waals surface area contributed by atoms with Gasteiger partial charge < -0.3 is 9.64 Å². The lowest BCUT2D eigenvalue weighted by atomic mass is 10.1. The second kappa shape index (κ2) is 4.34. The number of nitrogens with zero attached hydrogens (tertiary/aromatic N) is 1. The number of amides is 1. The molecule has 0 unspecified atom stereocenters. The minimum Gasteiger partial charge on any atom is -0.497 e. The molecular weight excluding hydrogens is 190 g/mol. The molecule has 0 spiro atoms. The van der Waals surface area contributed by atoms with Crippen molar-refractivity contribution >= 4 is 12.1 Å². The third-order valence-corrected chi connectivity index (χ3v) is 2.09. The number of rotatable bonds is 3. The van der Waals surface area contributed by atoms with Crippen LogP contribution in [0.3, 0.4) is 0 Å². The highest BCUT2D eigenvalue weighted by atomic mass is 16.5. The zero-order valence-electron chi connectivity index (χ0n) is 9.57. The molecular formula is C12H16NO2. The van der Waals surface area contributed by atoms with Crippen LogP contribution in [0.15, 0.2) is 18.2 Å². The van der Waals surface area contributed by atoms with Crippen molar-refractivity contribution in [3.05, 3.63) is 24.3 Å². The summed E-state index contributed by atoms with van der Waals surface area (Å²) in [6.45, 7) is 5.92. The van der Waals surface area contributed by atoms with Crippen LogP contribution < -0.4 is 9.64 Å². The first-order chi connectivity index (χ1) is 6.99. The van der Waals surface area contributed by atoms with Crippen LogP contribution in [0.1, 0.15) is 20.8 Å². The lowest BCUT2D eigenvalue weighted by molar-refractivity contribution is -0.108. The summed E-state index contributed by atoms with van der Waals surface area (Å²) < 4.78 is 5.03. The van der Waals surface area contributed by atoms with Crippen LogP contribution in [0.2, 0.25) is 0 Å². The number of methoxy groups -OCH3 is 1. The largest absolute Gasteiger partial charge is 0.497 e. The van der Waals surface area contributed by atoms with E-state index in [0.717, 1.165) is 17.8 Å². The maximum Gasteiger partial charge on any atom is 0.214 e. The average Bonchev–Trinajstić information content (AvgIpc) is 2.18. The molecule has 3 nitrogen and oxygen atoms in total. The van der Waals surface area contributed by atoms with Crippen LogP contribution in [0, 0.1) is 6.07 Å². The van der Waals surface area contributed by atoms with E-state index in [2.05, 4.69) is 6.07 Å². The normalized spacial score (nSPS) is 10.9. The standard InChI is InChI=1S/C12H16NO2/c1-12(2,3)13(9-14)10-5-7-11(15-4)8-6-10/h5,7-9H,1-4H3. The maximum absolute atomic E-state index is 11.0. The van der Waals surface area contributed by atoms with Crippen LogP contribution in [0.25, 0.3) is 0 Å². The van der Waals surface area contributed by atoms with Crippen molar-refractivity contribution in [3.8, 4) is 5.75 Å². The highest BCUT2D eigenvalue weighted by Crippen LogP contribution is 2.23. The predicted octanol–water partition coefficient (Wildman–Crippen LogP) is 2.26. The van der Waals surface area contributed by atoms with Gasteiger partial charge in [0.15, 0.2) is 0 Å². The molecule has 0 atom stereocenters. The van der Waals surface area contributed by atoms with Gasteiger partial charge in [0.1, 0.15) is 5.75 Å². The minimum atomic E-state index is -0.243. The predicted molar refractivity (Wildman–Crippen MR) is 60.1 cm³/mol. The quantitative estimate of drug-likeness (QED) is 0.710. The van der Waals surface area contributed by atoms with Crippen molar-refractivity contribution in [2.24, 2.45) is 0 Å². The van der Waals surface area contributed by atoms with Gasteiger partial charge in [0.2, 0.25) is 6.41 Å². The number of benzene rings is 1. The molecule has 0 bridgehead atoms. The summed E-state index contributed by atoms with van der Waals surface area (Å²) in [5.41, 5.74) is 0.505. The summed E-state index contributed by atoms with van der Waals surface area (Å²) in [6.07, 6.45) is 0.818. The van der Waals surface area contributed by atoms with E-state index in [0.29, 0.717) is 0 Å². The van der Waals surface area contributed by atoms with Crippen molar-refractivity contribution in [2.75, 3.05) is 12.0 Å². The van der Waals surface area contributed by atoms with Crippen molar-refractivity contribution in [1.29, 1.82) is 0 Å². The Morgan fingerprint density at radius 2 is 2.07 bits per heavy atom. The SMILES string of the molecule is COc1c[c]c(N(C=O)C(C)(C)C)cc1. The fourth-order valence-electron chi connectivity index (χ4n) is 1.26. The molecule has 0 aromatic heterocycles. The Morgan fingerprint density at radius 1 is 1.40 bits per heavy atom. The van der Waals surface area contributed by atoms with Crippen molar-refractivity contribution in [2.45, 2.75) is 26.3 Å². The molecule has 1 aromatic carbocycles. The van der Waals surface area contributed by atoms with Gasteiger partial charge in [-0.25, -0.2) is 0 Å². The summed E-state index contributed by atoms with van der Waals surface area (Å²) in [5, 5.41) is 0. The van der Waals surface area contributed by atoms with Crippen LogP contribution in [-0.2, 0) is 4.79 Å². The van der Waals surface area contributed by atoms with Crippen molar-refractivity contribution in [3.63, 3.8) is 0 Å². The zero-order valence-corrected chi connectivity index (χ0v) is 9.57. The Hall–Kier alpha value is -1.51. The van der Waals surface area contributed by atoms with Crippen molar-refractivity contribution in [1.82, 2.24) is 0 Å². The van der Waals surface area contributed by atoms with E-state index < -0.39 is 0 Å². The summed E-state index contributed by atoms with van der Waals surface area (Å²) in [5.74, 6) is 0.735. The minimum absolute atomic E-state index is 0.243. The van der Waals surface area contributed by atoms with Crippen LogP contribution >= 0.6 is 0 Å². The second-order valence-electron chi connectivity index (χ2n) is 4.26. The van der Waals surface area contributed by atoms with Crippen LogP contribution in [0.5, 0.6) is 5.75 Å². The molecule has 1 aromatic rings. The topological polar surface area (TPSA) is 29.5 Å². The van der Waals surface area contributed by atoms with Gasteiger partial charge >= 0.3 is 0 Å². The lowest BCUT2D eigenvalue weighted by Crippen LogP contribution is -2.40. The molecule has 0 aliphatic heterocycles. The molecule has 1 amide bonds. The third kappa shape index (κ3) is 2.72. The first-order valence-corrected chi connectivity index (χ1v) is 4.79. The van der Waals surface area contributed by atoms with Gasteiger partial charge in [0.25, 0.3) is 0 Å². The summed E-state index contributed by atoms with van der Waals surface area (Å²) >= 11 is 0. The molecule has 3 heteroatoms. The Labute approximate surface area is 90.7 Å². The fourth-order valence-corrected chi connectivity index (χ4v) is 1.26. The van der Waals surface area contributed by atoms with E-state index >= 15 is 0 Å². The lowest BCUT2D eigenvalue weighted by Gasteiger charge is -2.31. The Morgan fingerprint density at radius 3 is 2.40 bits per heavy atom. The molecule has 0 saturated heterocycles. The second-order valence-corrected chi connectivity index (χ2v) is 4.26. The summed E-state index contributed by atoms with van der Waals surface area (Å²) in [7, 11) is 1.60. The van der Waals surface area contributed by atoms with Gasteiger partial charge in [-0.2, -0.15) is 0 Å². The molecule has 15 heavy (non-hydrogen) atoms. The zero-order chi connectivity index (χ0) is 11.5. The molecule has 0 aliphatic rings. The number of carbonyl (C=O) groups excluding carboxylic acids is 1. The van der Waals surface area contributed by atoms with Crippen LogP contribution in [-0.4, -0.2) is 19.1 Å². The van der Waals surface area contributed by atoms with Crippen molar-refractivity contribution < 1.29 is 9.53 Å². The van der Waals surface area contributed by atoms with Gasteiger partial charge in [0, 0.05) is 11.6 Å². The van der Waals surface area contributed by atoms with Gasteiger partial charge in [-0.05, 0) is 39.0 Å². The van der Waals surface area contributed by atoms with E-state index in [1.807, 2.05) is 32.9 Å². The molecule has 0 fully saturated rings. The van der Waals surface area contributed by atoms with E-state index in [1.165, 1.54) is 0 Å². The number of hydrogen-bond donors (Lipinski definition) is 0. The molecule has 1 radical (unpaired) electrons. The van der Waals surface area contributed by atoms with Gasteiger partial charge in [-0.15, -0.1) is 0 Å². The smallest absolute Gasteiger partial charge is 0.214 e. The highest BCUT2D eigenvalue weighted by molar-refractivity contribution is 5.76. The van der Waals surface area contributed by atoms with Crippen LogP contribution in [0.4, 0.5) is 5.69 Å². The maximum atomic E-state index is 11.0. The number of carbonyl (C=O) groups is 1. The third-order valence-electron chi connectivity index (χ3n) is 2.09. The fraction of sp³-hybridized carbons (Fsp3) is 0.417. The molecule has 0 saturated carbocycles. The van der Waals surface area contributed by atoms with Gasteiger partial charge in [-0.1, -0.05) is 0 Å². The monoisotopic (exact) mass is 206 g/mol. The Bertz CT molecular complexity index is 324. The Balaban J connectivity index is 2.98. The first kappa shape index (κ1) is 11.6. The van der Waals surface area contributed by atoms with Gasteiger partial charge in [-0.3, -0.25) is 4.79 Å². The van der Waals surface area contributed by atoms with Gasteiger partial charge in [0.05, 0.1) is 12.8 Å². The molecule has 1 rings (SSSR count). The Kier molecular flexibility index (Phi) is 3.35. The molecule has 0 N–H and O–H groups in total. The highest BCUT2D eigenvalue weighted by Gasteiger charge is 2.20. The molecule has 81 valence electrons. The van der Waals surface area contributed by atoms with E-state index in [1.54, 1.807) is 18.1 Å². The van der Waals surface area contributed by atoms with E-state index in [-0.39, 0.29) is 5.54 Å². The van der Waals surface area contributed by atoms with E-state index in [9.17, 15) is 4.79 Å². The summed E-state index contributed by atoms with van der Waals surface area (Å²) in [4.78, 5) is 12.6. The molecule has 0 heterocycles. The average molecular weight is 206 g/mol. The first-order valence-electron chi connectivity index (χ1n) is 4.79. The summed E-state index contributed by atoms with van der Waals surface area (Å²) in [6, 6.07) is 8.37. The number of anilines is 1. The number of ether oxygens (including phenoxy) is 1. The number of hydrogen-bond acceptors (Lipinski definition) is 2. The van der Waals surface area contributed by atoms with E-state index in [4.69, 9.17) is 4.74 Å².